The lowest BCUT2D eigenvalue weighted by atomic mass is 9.80. The predicted octanol–water partition coefficient (Wildman–Crippen LogP) is 3.31. The van der Waals surface area contributed by atoms with Crippen molar-refractivity contribution in [1.29, 1.82) is 0 Å². The summed E-state index contributed by atoms with van der Waals surface area (Å²) in [7, 11) is -3.66. The van der Waals surface area contributed by atoms with Crippen LogP contribution in [0.2, 0.25) is 0 Å². The minimum absolute atomic E-state index is 0.120. The van der Waals surface area contributed by atoms with Gasteiger partial charge in [-0.3, -0.25) is 4.79 Å². The first-order chi connectivity index (χ1) is 14.2. The van der Waals surface area contributed by atoms with E-state index in [1.165, 1.54) is 10.4 Å². The Morgan fingerprint density at radius 3 is 2.40 bits per heavy atom. The molecule has 1 aliphatic rings. The fraction of sp³-hybridized carbons (Fsp3) is 0.571. The van der Waals surface area contributed by atoms with Gasteiger partial charge in [-0.25, -0.2) is 8.42 Å². The molecule has 3 rings (SSSR count). The monoisotopic (exact) mass is 434 g/mol. The minimum atomic E-state index is -3.66. The summed E-state index contributed by atoms with van der Waals surface area (Å²) >= 11 is 0. The van der Waals surface area contributed by atoms with Crippen molar-refractivity contribution in [2.45, 2.75) is 70.2 Å². The van der Waals surface area contributed by atoms with Crippen molar-refractivity contribution in [3.05, 3.63) is 41.0 Å². The molecule has 1 saturated carbocycles. The van der Waals surface area contributed by atoms with Crippen molar-refractivity contribution in [2.75, 3.05) is 13.1 Å². The average Bonchev–Trinajstić information content (AvgIpc) is 3.16. The molecule has 30 heavy (non-hydrogen) atoms. The molecule has 1 aromatic heterocycles. The molecular formula is C21H30N4O4S. The van der Waals surface area contributed by atoms with Gasteiger partial charge >= 0.3 is 0 Å². The van der Waals surface area contributed by atoms with Gasteiger partial charge in [0.1, 0.15) is 5.54 Å². The Balaban J connectivity index is 1.96. The van der Waals surface area contributed by atoms with Gasteiger partial charge in [0.25, 0.3) is 5.91 Å². The van der Waals surface area contributed by atoms with Crippen molar-refractivity contribution < 1.29 is 17.7 Å². The Bertz CT molecular complexity index is 1010. The fourth-order valence-electron chi connectivity index (χ4n) is 4.06. The molecule has 0 atom stereocenters. The van der Waals surface area contributed by atoms with E-state index in [4.69, 9.17) is 4.52 Å². The normalized spacial score (nSPS) is 16.6. The van der Waals surface area contributed by atoms with Crippen LogP contribution in [0.1, 0.15) is 73.6 Å². The van der Waals surface area contributed by atoms with Crippen LogP contribution >= 0.6 is 0 Å². The van der Waals surface area contributed by atoms with Crippen LogP contribution in [0.25, 0.3) is 0 Å². The fourth-order valence-corrected chi connectivity index (χ4v) is 5.54. The molecule has 1 heterocycles. The van der Waals surface area contributed by atoms with Crippen molar-refractivity contribution in [1.82, 2.24) is 19.8 Å². The highest BCUT2D eigenvalue weighted by Crippen LogP contribution is 2.36. The number of hydrogen-bond donors (Lipinski definition) is 1. The summed E-state index contributed by atoms with van der Waals surface area (Å²) in [6.07, 6.45) is 4.42. The van der Waals surface area contributed by atoms with Crippen molar-refractivity contribution in [2.24, 2.45) is 0 Å². The maximum atomic E-state index is 13.3. The second-order valence-corrected chi connectivity index (χ2v) is 9.74. The third-order valence-electron chi connectivity index (χ3n) is 5.81. The zero-order valence-corrected chi connectivity index (χ0v) is 18.9. The first kappa shape index (κ1) is 22.4. The highest BCUT2D eigenvalue weighted by atomic mass is 32.2. The molecule has 1 amide bonds. The van der Waals surface area contributed by atoms with Crippen LogP contribution in [0.15, 0.2) is 27.6 Å². The number of amides is 1. The second-order valence-electron chi connectivity index (χ2n) is 7.80. The van der Waals surface area contributed by atoms with Crippen molar-refractivity contribution >= 4 is 15.9 Å². The summed E-state index contributed by atoms with van der Waals surface area (Å²) in [5, 5.41) is 7.20. The number of rotatable bonds is 7. The number of carbonyl (C=O) groups excluding carboxylic acids is 1. The van der Waals surface area contributed by atoms with Crippen LogP contribution in [-0.2, 0) is 15.6 Å². The molecule has 2 aromatic rings. The molecule has 0 radical (unpaired) electrons. The summed E-state index contributed by atoms with van der Waals surface area (Å²) in [6, 6.07) is 4.70. The second kappa shape index (κ2) is 8.85. The largest absolute Gasteiger partial charge is 0.340 e. The third kappa shape index (κ3) is 4.27. The quantitative estimate of drug-likeness (QED) is 0.717. The zero-order chi connectivity index (χ0) is 21.9. The van der Waals surface area contributed by atoms with Crippen LogP contribution in [0.5, 0.6) is 0 Å². The molecule has 9 heteroatoms. The van der Waals surface area contributed by atoms with Crippen LogP contribution in [0.3, 0.4) is 0 Å². The van der Waals surface area contributed by atoms with Gasteiger partial charge in [0, 0.05) is 25.6 Å². The Kier molecular flexibility index (Phi) is 6.62. The molecular weight excluding hydrogens is 404 g/mol. The van der Waals surface area contributed by atoms with Gasteiger partial charge in [0.2, 0.25) is 15.9 Å². The Morgan fingerprint density at radius 1 is 1.17 bits per heavy atom. The van der Waals surface area contributed by atoms with Gasteiger partial charge in [-0.15, -0.1) is 0 Å². The molecule has 1 aliphatic carbocycles. The Morgan fingerprint density at radius 2 is 1.83 bits per heavy atom. The smallest absolute Gasteiger partial charge is 0.252 e. The van der Waals surface area contributed by atoms with Crippen molar-refractivity contribution in [3.8, 4) is 0 Å². The summed E-state index contributed by atoms with van der Waals surface area (Å²) in [5.74, 6) is 0.610. The molecule has 0 aliphatic heterocycles. The minimum Gasteiger partial charge on any atom is -0.340 e. The first-order valence-electron chi connectivity index (χ1n) is 10.5. The van der Waals surface area contributed by atoms with Crippen LogP contribution < -0.4 is 5.32 Å². The number of benzene rings is 1. The number of aryl methyl sites for hydroxylation is 2. The lowest BCUT2D eigenvalue weighted by Gasteiger charge is -2.35. The number of hydrogen-bond acceptors (Lipinski definition) is 6. The predicted molar refractivity (Wildman–Crippen MR) is 113 cm³/mol. The number of nitrogens with zero attached hydrogens (tertiary/aromatic N) is 3. The van der Waals surface area contributed by atoms with Gasteiger partial charge in [-0.1, -0.05) is 44.3 Å². The van der Waals surface area contributed by atoms with E-state index in [0.717, 1.165) is 19.3 Å². The molecule has 8 nitrogen and oxygen atoms in total. The SMILES string of the molecule is CCN(CC)S(=O)(=O)c1ccc(C)c(C(=O)NC2(c3noc(C)n3)CCCCC2)c1. The number of carbonyl (C=O) groups is 1. The van der Waals surface area contributed by atoms with Crippen LogP contribution in [0, 0.1) is 13.8 Å². The van der Waals surface area contributed by atoms with E-state index < -0.39 is 15.6 Å². The average molecular weight is 435 g/mol. The standard InChI is InChI=1S/C21H30N4O4S/c1-5-25(6-2)30(27,28)17-11-10-15(3)18(14-17)19(26)23-21(12-8-7-9-13-21)20-22-16(4)29-24-20/h10-11,14H,5-9,12-13H2,1-4H3,(H,23,26). The maximum Gasteiger partial charge on any atom is 0.252 e. The first-order valence-corrected chi connectivity index (χ1v) is 11.9. The topological polar surface area (TPSA) is 105 Å². The molecule has 0 unspecified atom stereocenters. The van der Waals surface area contributed by atoms with E-state index in [1.807, 2.05) is 0 Å². The molecule has 1 aromatic carbocycles. The highest BCUT2D eigenvalue weighted by molar-refractivity contribution is 7.89. The number of aromatic nitrogens is 2. The van der Waals surface area contributed by atoms with E-state index in [0.29, 0.717) is 48.8 Å². The Labute approximate surface area is 178 Å². The van der Waals surface area contributed by atoms with E-state index in [2.05, 4.69) is 15.5 Å². The van der Waals surface area contributed by atoms with Gasteiger partial charge in [-0.2, -0.15) is 9.29 Å². The van der Waals surface area contributed by atoms with Gasteiger partial charge in [0.15, 0.2) is 5.82 Å². The van der Waals surface area contributed by atoms with Gasteiger partial charge < -0.3 is 9.84 Å². The summed E-state index contributed by atoms with van der Waals surface area (Å²) in [5.41, 5.74) is 0.349. The van der Waals surface area contributed by atoms with E-state index in [9.17, 15) is 13.2 Å². The van der Waals surface area contributed by atoms with E-state index in [1.54, 1.807) is 39.8 Å². The molecule has 1 N–H and O–H groups in total. The van der Waals surface area contributed by atoms with Crippen LogP contribution in [0.4, 0.5) is 0 Å². The maximum absolute atomic E-state index is 13.3. The molecule has 0 saturated heterocycles. The molecule has 0 spiro atoms. The third-order valence-corrected chi connectivity index (χ3v) is 7.86. The van der Waals surface area contributed by atoms with Gasteiger partial charge in [0.05, 0.1) is 4.90 Å². The lowest BCUT2D eigenvalue weighted by Crippen LogP contribution is -2.48. The number of nitrogens with one attached hydrogen (secondary N) is 1. The summed E-state index contributed by atoms with van der Waals surface area (Å²) in [6.45, 7) is 7.85. The highest BCUT2D eigenvalue weighted by Gasteiger charge is 2.40. The van der Waals surface area contributed by atoms with Crippen molar-refractivity contribution in [3.63, 3.8) is 0 Å². The summed E-state index contributed by atoms with van der Waals surface area (Å²) < 4.78 is 32.4. The molecule has 164 valence electrons. The van der Waals surface area contributed by atoms with Crippen LogP contribution in [-0.4, -0.2) is 41.9 Å². The molecule has 0 bridgehead atoms. The van der Waals surface area contributed by atoms with Gasteiger partial charge in [-0.05, 0) is 37.5 Å². The Hall–Kier alpha value is -2.26. The zero-order valence-electron chi connectivity index (χ0n) is 18.1. The summed E-state index contributed by atoms with van der Waals surface area (Å²) in [4.78, 5) is 17.8. The number of sulfonamides is 1. The molecule has 1 fully saturated rings. The van der Waals surface area contributed by atoms with E-state index >= 15 is 0 Å². The lowest BCUT2D eigenvalue weighted by molar-refractivity contribution is 0.0854. The van der Waals surface area contributed by atoms with E-state index in [-0.39, 0.29) is 10.8 Å².